The second kappa shape index (κ2) is 9.56. The van der Waals surface area contributed by atoms with Crippen molar-refractivity contribution in [3.63, 3.8) is 0 Å². The zero-order valence-corrected chi connectivity index (χ0v) is 17.0. The van der Waals surface area contributed by atoms with E-state index in [9.17, 15) is 4.79 Å². The zero-order valence-electron chi connectivity index (χ0n) is 17.0. The van der Waals surface area contributed by atoms with Gasteiger partial charge in [-0.3, -0.25) is 9.69 Å². The van der Waals surface area contributed by atoms with E-state index in [1.807, 2.05) is 0 Å². The summed E-state index contributed by atoms with van der Waals surface area (Å²) in [4.78, 5) is 18.0. The molecule has 1 N–H and O–H groups in total. The van der Waals surface area contributed by atoms with Gasteiger partial charge in [-0.15, -0.1) is 0 Å². The topological polar surface area (TPSA) is 44.8 Å². The Labute approximate surface area is 164 Å². The molecule has 0 spiro atoms. The van der Waals surface area contributed by atoms with E-state index in [1.165, 1.54) is 12.0 Å². The maximum absolute atomic E-state index is 13.4. The van der Waals surface area contributed by atoms with Gasteiger partial charge in [-0.25, -0.2) is 0 Å². The van der Waals surface area contributed by atoms with Crippen LogP contribution in [-0.2, 0) is 9.53 Å². The first-order chi connectivity index (χ1) is 13.1. The first kappa shape index (κ1) is 20.2. The molecule has 150 valence electrons. The minimum absolute atomic E-state index is 0.305. The standard InChI is InChI=1S/C22H35N3O2/c1-19-7-9-20(10-8-19)23-22(11-3-4-12-22)21(26)25-16-14-24(15-17-25)13-5-6-18-27-2/h7-10,23H,3-6,11-18H2,1-2H3. The Bertz CT molecular complexity index is 588. The average Bonchev–Trinajstić information content (AvgIpc) is 3.17. The lowest BCUT2D eigenvalue weighted by atomic mass is 9.94. The summed E-state index contributed by atoms with van der Waals surface area (Å²) in [6, 6.07) is 8.41. The van der Waals surface area contributed by atoms with E-state index in [1.54, 1.807) is 7.11 Å². The highest BCUT2D eigenvalue weighted by Crippen LogP contribution is 2.35. The predicted molar refractivity (Wildman–Crippen MR) is 110 cm³/mol. The Hall–Kier alpha value is -1.59. The number of hydrogen-bond donors (Lipinski definition) is 1. The molecule has 27 heavy (non-hydrogen) atoms. The number of methoxy groups -OCH3 is 1. The first-order valence-corrected chi connectivity index (χ1v) is 10.5. The van der Waals surface area contributed by atoms with E-state index in [-0.39, 0.29) is 0 Å². The summed E-state index contributed by atoms with van der Waals surface area (Å²) < 4.78 is 5.12. The zero-order chi connectivity index (χ0) is 19.1. The smallest absolute Gasteiger partial charge is 0.248 e. The van der Waals surface area contributed by atoms with Crippen molar-refractivity contribution in [2.24, 2.45) is 0 Å². The summed E-state index contributed by atoms with van der Waals surface area (Å²) in [5.41, 5.74) is 1.90. The maximum atomic E-state index is 13.4. The number of rotatable bonds is 8. The van der Waals surface area contributed by atoms with Gasteiger partial charge < -0.3 is 15.0 Å². The molecule has 0 radical (unpaired) electrons. The van der Waals surface area contributed by atoms with E-state index in [4.69, 9.17) is 4.74 Å². The number of hydrogen-bond acceptors (Lipinski definition) is 4. The summed E-state index contributed by atoms with van der Waals surface area (Å²) in [6.45, 7) is 7.71. The third kappa shape index (κ3) is 5.23. The molecule has 3 rings (SSSR count). The quantitative estimate of drug-likeness (QED) is 0.710. The van der Waals surface area contributed by atoms with Crippen LogP contribution in [0.3, 0.4) is 0 Å². The van der Waals surface area contributed by atoms with E-state index in [2.05, 4.69) is 46.3 Å². The fourth-order valence-corrected chi connectivity index (χ4v) is 4.34. The molecule has 1 aromatic carbocycles. The van der Waals surface area contributed by atoms with Crippen molar-refractivity contribution in [2.75, 3.05) is 51.8 Å². The number of anilines is 1. The monoisotopic (exact) mass is 373 g/mol. The number of amides is 1. The van der Waals surface area contributed by atoms with Crippen molar-refractivity contribution in [2.45, 2.75) is 51.0 Å². The van der Waals surface area contributed by atoms with Gasteiger partial charge in [0.25, 0.3) is 0 Å². The minimum Gasteiger partial charge on any atom is -0.385 e. The van der Waals surface area contributed by atoms with E-state index in [0.717, 1.165) is 77.1 Å². The second-order valence-electron chi connectivity index (χ2n) is 8.11. The number of carbonyl (C=O) groups excluding carboxylic acids is 1. The van der Waals surface area contributed by atoms with Gasteiger partial charge in [-0.2, -0.15) is 0 Å². The van der Waals surface area contributed by atoms with Gasteiger partial charge in [0.2, 0.25) is 5.91 Å². The molecule has 2 aliphatic rings. The molecule has 0 atom stereocenters. The van der Waals surface area contributed by atoms with E-state index >= 15 is 0 Å². The summed E-state index contributed by atoms with van der Waals surface area (Å²) in [7, 11) is 1.76. The van der Waals surface area contributed by atoms with Crippen molar-refractivity contribution >= 4 is 11.6 Å². The van der Waals surface area contributed by atoms with Crippen LogP contribution >= 0.6 is 0 Å². The molecule has 1 saturated carbocycles. The molecule has 1 aromatic rings. The number of benzene rings is 1. The molecule has 5 nitrogen and oxygen atoms in total. The third-order valence-electron chi connectivity index (χ3n) is 6.03. The Morgan fingerprint density at radius 3 is 2.37 bits per heavy atom. The largest absolute Gasteiger partial charge is 0.385 e. The molecule has 1 amide bonds. The summed E-state index contributed by atoms with van der Waals surface area (Å²) in [6.07, 6.45) is 6.42. The van der Waals surface area contributed by atoms with Gasteiger partial charge in [-0.1, -0.05) is 30.5 Å². The maximum Gasteiger partial charge on any atom is 0.248 e. The molecule has 1 aliphatic carbocycles. The van der Waals surface area contributed by atoms with E-state index in [0.29, 0.717) is 5.91 Å². The van der Waals surface area contributed by atoms with Crippen LogP contribution in [0.1, 0.15) is 44.1 Å². The highest BCUT2D eigenvalue weighted by Gasteiger charge is 2.44. The number of piperazine rings is 1. The van der Waals surface area contributed by atoms with E-state index < -0.39 is 5.54 Å². The van der Waals surface area contributed by atoms with Crippen molar-refractivity contribution in [3.8, 4) is 0 Å². The number of aryl methyl sites for hydroxylation is 1. The number of nitrogens with zero attached hydrogens (tertiary/aromatic N) is 2. The molecule has 1 aliphatic heterocycles. The lowest BCUT2D eigenvalue weighted by molar-refractivity contribution is -0.137. The fourth-order valence-electron chi connectivity index (χ4n) is 4.34. The molecule has 1 heterocycles. The van der Waals surface area contributed by atoms with Gasteiger partial charge in [-0.05, 0) is 51.3 Å². The number of unbranched alkanes of at least 4 members (excludes halogenated alkanes) is 1. The van der Waals surface area contributed by atoms with Crippen LogP contribution < -0.4 is 5.32 Å². The van der Waals surface area contributed by atoms with Gasteiger partial charge in [0, 0.05) is 45.6 Å². The Balaban J connectivity index is 1.55. The van der Waals surface area contributed by atoms with Crippen molar-refractivity contribution in [1.82, 2.24) is 9.80 Å². The molecular formula is C22H35N3O2. The van der Waals surface area contributed by atoms with Gasteiger partial charge in [0.15, 0.2) is 0 Å². The lowest BCUT2D eigenvalue weighted by Gasteiger charge is -2.40. The van der Waals surface area contributed by atoms with Crippen molar-refractivity contribution in [3.05, 3.63) is 29.8 Å². The van der Waals surface area contributed by atoms with Crippen LogP contribution in [0.25, 0.3) is 0 Å². The lowest BCUT2D eigenvalue weighted by Crippen LogP contribution is -2.57. The molecular weight excluding hydrogens is 338 g/mol. The predicted octanol–water partition coefficient (Wildman–Crippen LogP) is 3.29. The van der Waals surface area contributed by atoms with Crippen LogP contribution in [0.4, 0.5) is 5.69 Å². The highest BCUT2D eigenvalue weighted by atomic mass is 16.5. The third-order valence-corrected chi connectivity index (χ3v) is 6.03. The molecule has 2 fully saturated rings. The summed E-state index contributed by atoms with van der Waals surface area (Å²) >= 11 is 0. The van der Waals surface area contributed by atoms with Crippen LogP contribution in [0.15, 0.2) is 24.3 Å². The first-order valence-electron chi connectivity index (χ1n) is 10.5. The van der Waals surface area contributed by atoms with Crippen LogP contribution in [-0.4, -0.2) is 67.7 Å². The Morgan fingerprint density at radius 2 is 1.74 bits per heavy atom. The minimum atomic E-state index is -0.407. The molecule has 0 bridgehead atoms. The number of carbonyl (C=O) groups is 1. The van der Waals surface area contributed by atoms with Crippen LogP contribution in [0.2, 0.25) is 0 Å². The highest BCUT2D eigenvalue weighted by molar-refractivity contribution is 5.90. The normalized spacial score (nSPS) is 20.0. The summed E-state index contributed by atoms with van der Waals surface area (Å²) in [5.74, 6) is 0.305. The van der Waals surface area contributed by atoms with Gasteiger partial charge in [0.1, 0.15) is 5.54 Å². The molecule has 0 unspecified atom stereocenters. The van der Waals surface area contributed by atoms with Crippen LogP contribution in [0.5, 0.6) is 0 Å². The molecule has 5 heteroatoms. The van der Waals surface area contributed by atoms with Crippen molar-refractivity contribution < 1.29 is 9.53 Å². The Morgan fingerprint density at radius 1 is 1.07 bits per heavy atom. The number of ether oxygens (including phenoxy) is 1. The second-order valence-corrected chi connectivity index (χ2v) is 8.11. The van der Waals surface area contributed by atoms with Gasteiger partial charge in [0.05, 0.1) is 0 Å². The van der Waals surface area contributed by atoms with Gasteiger partial charge >= 0.3 is 0 Å². The Kier molecular flexibility index (Phi) is 7.13. The molecule has 0 aromatic heterocycles. The van der Waals surface area contributed by atoms with Crippen LogP contribution in [0, 0.1) is 6.92 Å². The number of nitrogens with one attached hydrogen (secondary N) is 1. The average molecular weight is 374 g/mol. The summed E-state index contributed by atoms with van der Waals surface area (Å²) in [5, 5.41) is 3.62. The fraction of sp³-hybridized carbons (Fsp3) is 0.682. The molecule has 1 saturated heterocycles. The SMILES string of the molecule is COCCCCN1CCN(C(=O)C2(Nc3ccc(C)cc3)CCCC2)CC1. The van der Waals surface area contributed by atoms with Crippen molar-refractivity contribution in [1.29, 1.82) is 0 Å².